The maximum Gasteiger partial charge on any atom is 0.276 e. The molecule has 6 nitrogen and oxygen atoms in total. The fourth-order valence-corrected chi connectivity index (χ4v) is 3.31. The number of hydrogen-bond acceptors (Lipinski definition) is 3. The van der Waals surface area contributed by atoms with Crippen LogP contribution in [0.25, 0.3) is 0 Å². The summed E-state index contributed by atoms with van der Waals surface area (Å²) < 4.78 is 0. The van der Waals surface area contributed by atoms with E-state index in [1.54, 1.807) is 12.1 Å². The fraction of sp³-hybridized carbons (Fsp3) is 0.526. The molecule has 0 radical (unpaired) electrons. The van der Waals surface area contributed by atoms with Crippen LogP contribution in [0, 0.1) is 11.3 Å². The summed E-state index contributed by atoms with van der Waals surface area (Å²) in [5.41, 5.74) is 0.253. The number of benzene rings is 1. The summed E-state index contributed by atoms with van der Waals surface area (Å²) in [6.45, 7) is 3.42. The molecule has 7 heteroatoms. The van der Waals surface area contributed by atoms with E-state index in [2.05, 4.69) is 16.7 Å². The molecule has 1 aliphatic rings. The van der Waals surface area contributed by atoms with Crippen molar-refractivity contribution in [1.29, 1.82) is 5.26 Å². The van der Waals surface area contributed by atoms with Crippen molar-refractivity contribution < 1.29 is 14.5 Å². The molecule has 1 aromatic rings. The van der Waals surface area contributed by atoms with Gasteiger partial charge in [0.05, 0.1) is 12.6 Å². The number of carbonyl (C=O) groups excluding carboxylic acids is 2. The first kappa shape index (κ1) is 20.2. The molecule has 2 rings (SSSR count). The molecule has 0 aliphatic heterocycles. The van der Waals surface area contributed by atoms with E-state index in [0.29, 0.717) is 31.0 Å². The predicted octanol–water partition coefficient (Wildman–Crippen LogP) is 0.814. The summed E-state index contributed by atoms with van der Waals surface area (Å²) in [4.78, 5) is 25.3. The molecule has 0 aromatic heterocycles. The van der Waals surface area contributed by atoms with Crippen LogP contribution < -0.4 is 15.5 Å². The molecule has 140 valence electrons. The number of nitriles is 1. The predicted molar refractivity (Wildman–Crippen MR) is 99.5 cm³/mol. The van der Waals surface area contributed by atoms with Crippen molar-refractivity contribution in [2.75, 3.05) is 19.6 Å². The number of amides is 2. The molecule has 1 aromatic carbocycles. The summed E-state index contributed by atoms with van der Waals surface area (Å²) >= 11 is 5.84. The first-order valence-corrected chi connectivity index (χ1v) is 9.41. The van der Waals surface area contributed by atoms with Gasteiger partial charge in [-0.2, -0.15) is 5.26 Å². The Balaban J connectivity index is 1.78. The summed E-state index contributed by atoms with van der Waals surface area (Å²) in [6, 6.07) is 9.55. The summed E-state index contributed by atoms with van der Waals surface area (Å²) in [7, 11) is 0. The van der Waals surface area contributed by atoms with E-state index in [4.69, 9.17) is 11.6 Å². The molecule has 1 fully saturated rings. The van der Waals surface area contributed by atoms with E-state index >= 15 is 0 Å². The van der Waals surface area contributed by atoms with Crippen molar-refractivity contribution in [2.45, 2.75) is 44.7 Å². The molecule has 1 atom stereocenters. The molecular weight excluding hydrogens is 352 g/mol. The molecule has 0 bridgehead atoms. The van der Waals surface area contributed by atoms with Crippen LogP contribution in [0.3, 0.4) is 0 Å². The van der Waals surface area contributed by atoms with Gasteiger partial charge in [0.25, 0.3) is 11.8 Å². The first-order chi connectivity index (χ1) is 12.5. The minimum atomic E-state index is -0.715. The second kappa shape index (κ2) is 9.56. The molecular formula is C19H26ClN4O2+. The van der Waals surface area contributed by atoms with Gasteiger partial charge in [0.15, 0.2) is 13.1 Å². The lowest BCUT2D eigenvalue weighted by molar-refractivity contribution is -0.881. The zero-order valence-corrected chi connectivity index (χ0v) is 15.9. The normalized spacial score (nSPS) is 16.5. The minimum Gasteiger partial charge on any atom is -0.347 e. The molecule has 1 saturated carbocycles. The van der Waals surface area contributed by atoms with Gasteiger partial charge in [0.2, 0.25) is 0 Å². The van der Waals surface area contributed by atoms with Crippen LogP contribution in [0.2, 0.25) is 5.02 Å². The van der Waals surface area contributed by atoms with Crippen molar-refractivity contribution in [3.8, 4) is 6.07 Å². The Hall–Kier alpha value is -2.10. The van der Waals surface area contributed by atoms with Gasteiger partial charge in [0.1, 0.15) is 5.54 Å². The number of hydrogen-bond donors (Lipinski definition) is 3. The molecule has 3 N–H and O–H groups in total. The summed E-state index contributed by atoms with van der Waals surface area (Å²) in [6.07, 6.45) is 3.34. The lowest BCUT2D eigenvalue weighted by Gasteiger charge is -2.23. The highest BCUT2D eigenvalue weighted by molar-refractivity contribution is 6.30. The Morgan fingerprint density at radius 3 is 2.38 bits per heavy atom. The number of rotatable bonds is 8. The highest BCUT2D eigenvalue weighted by Gasteiger charge is 2.36. The Morgan fingerprint density at radius 1 is 1.19 bits per heavy atom. The highest BCUT2D eigenvalue weighted by Crippen LogP contribution is 2.28. The summed E-state index contributed by atoms with van der Waals surface area (Å²) in [5.74, 6) is -0.281. The largest absolute Gasteiger partial charge is 0.347 e. The zero-order chi connectivity index (χ0) is 19.0. The van der Waals surface area contributed by atoms with E-state index in [9.17, 15) is 14.9 Å². The Bertz CT molecular complexity index is 663. The van der Waals surface area contributed by atoms with Crippen molar-refractivity contribution in [2.24, 2.45) is 0 Å². The number of quaternary nitrogens is 1. The van der Waals surface area contributed by atoms with Crippen LogP contribution in [0.4, 0.5) is 0 Å². The summed E-state index contributed by atoms with van der Waals surface area (Å²) in [5, 5.41) is 15.8. The molecule has 0 spiro atoms. The quantitative estimate of drug-likeness (QED) is 0.626. The average molecular weight is 378 g/mol. The minimum absolute atomic E-state index is 0.111. The van der Waals surface area contributed by atoms with E-state index in [0.717, 1.165) is 23.3 Å². The first-order valence-electron chi connectivity index (χ1n) is 9.03. The van der Waals surface area contributed by atoms with Gasteiger partial charge < -0.3 is 15.5 Å². The van der Waals surface area contributed by atoms with Crippen molar-refractivity contribution >= 4 is 23.4 Å². The second-order valence-corrected chi connectivity index (χ2v) is 7.25. The van der Waals surface area contributed by atoms with Gasteiger partial charge in [-0.15, -0.1) is 0 Å². The van der Waals surface area contributed by atoms with Crippen LogP contribution in [-0.4, -0.2) is 37.0 Å². The third kappa shape index (κ3) is 6.01. The van der Waals surface area contributed by atoms with E-state index in [-0.39, 0.29) is 24.9 Å². The SMILES string of the molecule is CC[NH+](CC(=O)NCc1ccc(Cl)cc1)CC(=O)NC1(C#N)CCCC1. The van der Waals surface area contributed by atoms with Crippen LogP contribution in [0.1, 0.15) is 38.2 Å². The highest BCUT2D eigenvalue weighted by atomic mass is 35.5. The van der Waals surface area contributed by atoms with Crippen LogP contribution in [-0.2, 0) is 16.1 Å². The molecule has 26 heavy (non-hydrogen) atoms. The number of carbonyl (C=O) groups is 2. The average Bonchev–Trinajstić information content (AvgIpc) is 3.09. The third-order valence-corrected chi connectivity index (χ3v) is 5.03. The maximum atomic E-state index is 12.3. The van der Waals surface area contributed by atoms with Crippen molar-refractivity contribution in [3.05, 3.63) is 34.9 Å². The number of nitrogens with zero attached hydrogens (tertiary/aromatic N) is 1. The molecule has 1 aliphatic carbocycles. The van der Waals surface area contributed by atoms with Crippen molar-refractivity contribution in [3.63, 3.8) is 0 Å². The van der Waals surface area contributed by atoms with Gasteiger partial charge in [-0.3, -0.25) is 9.59 Å². The van der Waals surface area contributed by atoms with Crippen LogP contribution in [0.15, 0.2) is 24.3 Å². The van der Waals surface area contributed by atoms with Gasteiger partial charge >= 0.3 is 0 Å². The lowest BCUT2D eigenvalue weighted by atomic mass is 10.00. The fourth-order valence-electron chi connectivity index (χ4n) is 3.19. The lowest BCUT2D eigenvalue weighted by Crippen LogP contribution is -3.14. The third-order valence-electron chi connectivity index (χ3n) is 4.77. The number of halogens is 1. The number of nitrogens with one attached hydrogen (secondary N) is 3. The maximum absolute atomic E-state index is 12.3. The van der Waals surface area contributed by atoms with E-state index < -0.39 is 5.54 Å². The Morgan fingerprint density at radius 2 is 1.81 bits per heavy atom. The van der Waals surface area contributed by atoms with Crippen LogP contribution >= 0.6 is 11.6 Å². The molecule has 1 unspecified atom stereocenters. The topological polar surface area (TPSA) is 86.4 Å². The van der Waals surface area contributed by atoms with Gasteiger partial charge in [0, 0.05) is 11.6 Å². The Kier molecular flexibility index (Phi) is 7.43. The van der Waals surface area contributed by atoms with E-state index in [1.807, 2.05) is 19.1 Å². The monoisotopic (exact) mass is 377 g/mol. The van der Waals surface area contributed by atoms with Crippen LogP contribution in [0.5, 0.6) is 0 Å². The standard InChI is InChI=1S/C19H25ClN4O2/c1-2-24(13-18(26)23-19(14-21)9-3-4-10-19)12-17(25)22-11-15-5-7-16(20)8-6-15/h5-8H,2-4,9-13H2,1H3,(H,22,25)(H,23,26)/p+1. The second-order valence-electron chi connectivity index (χ2n) is 6.81. The van der Waals surface area contributed by atoms with Gasteiger partial charge in [-0.25, -0.2) is 0 Å². The zero-order valence-electron chi connectivity index (χ0n) is 15.1. The Labute approximate surface area is 159 Å². The number of likely N-dealkylation sites (N-methyl/N-ethyl adjacent to an activating group) is 1. The molecule has 0 saturated heterocycles. The van der Waals surface area contributed by atoms with E-state index in [1.165, 1.54) is 0 Å². The molecule has 2 amide bonds. The van der Waals surface area contributed by atoms with Gasteiger partial charge in [-0.1, -0.05) is 23.7 Å². The van der Waals surface area contributed by atoms with Crippen molar-refractivity contribution in [1.82, 2.24) is 10.6 Å². The smallest absolute Gasteiger partial charge is 0.276 e. The molecule has 0 heterocycles. The van der Waals surface area contributed by atoms with Gasteiger partial charge in [-0.05, 0) is 50.3 Å².